The summed E-state index contributed by atoms with van der Waals surface area (Å²) in [6.45, 7) is 0. The minimum atomic E-state index is -0.545. The normalized spacial score (nSPS) is 29.3. The Bertz CT molecular complexity index is 235. The van der Waals surface area contributed by atoms with Crippen LogP contribution in [0.3, 0.4) is 0 Å². The van der Waals surface area contributed by atoms with Crippen LogP contribution in [0.4, 0.5) is 0 Å². The molecule has 68 valence electrons. The van der Waals surface area contributed by atoms with Gasteiger partial charge < -0.3 is 9.47 Å². The minimum absolute atomic E-state index is 0.545. The zero-order valence-corrected chi connectivity index (χ0v) is 10.1. The van der Waals surface area contributed by atoms with Crippen LogP contribution in [-0.2, 0) is 9.47 Å². The number of alkyl halides is 1. The van der Waals surface area contributed by atoms with Gasteiger partial charge in [-0.05, 0) is 37.9 Å². The second-order valence-corrected chi connectivity index (χ2v) is 4.37. The number of allylic oxidation sites excluding steroid dienone is 1. The third-order valence-corrected chi connectivity index (χ3v) is 4.27. The molecule has 2 nitrogen and oxygen atoms in total. The first-order valence-corrected chi connectivity index (χ1v) is 5.07. The van der Waals surface area contributed by atoms with E-state index in [0.717, 1.165) is 16.7 Å². The number of rotatable bonds is 2. The molecule has 1 unspecified atom stereocenters. The van der Waals surface area contributed by atoms with E-state index < -0.39 is 4.51 Å². The van der Waals surface area contributed by atoms with Crippen LogP contribution in [-0.4, -0.2) is 18.7 Å². The van der Waals surface area contributed by atoms with Gasteiger partial charge in [0.2, 0.25) is 0 Å². The molecule has 0 aromatic heterocycles. The van der Waals surface area contributed by atoms with Gasteiger partial charge in [-0.2, -0.15) is 0 Å². The number of methoxy groups -OCH3 is 2. The quantitative estimate of drug-likeness (QED) is 0.576. The first-order chi connectivity index (χ1) is 5.64. The summed E-state index contributed by atoms with van der Waals surface area (Å²) in [6, 6.07) is 0. The summed E-state index contributed by atoms with van der Waals surface area (Å²) >= 11 is 6.88. The van der Waals surface area contributed by atoms with Crippen LogP contribution in [0.25, 0.3) is 0 Å². The van der Waals surface area contributed by atoms with Gasteiger partial charge in [-0.15, -0.1) is 0 Å². The maximum absolute atomic E-state index is 5.27. The van der Waals surface area contributed by atoms with Gasteiger partial charge in [0.15, 0.2) is 4.51 Å². The Morgan fingerprint density at radius 3 is 2.67 bits per heavy atom. The average molecular weight is 298 g/mol. The van der Waals surface area contributed by atoms with Gasteiger partial charge in [0.25, 0.3) is 0 Å². The molecule has 0 saturated heterocycles. The molecule has 0 fully saturated rings. The Morgan fingerprint density at radius 1 is 1.50 bits per heavy atom. The number of halogens is 2. The van der Waals surface area contributed by atoms with Crippen molar-refractivity contribution in [2.75, 3.05) is 14.2 Å². The molecule has 0 heterocycles. The van der Waals surface area contributed by atoms with Crippen LogP contribution in [0.5, 0.6) is 0 Å². The Hall–Kier alpha value is 0.200. The zero-order chi connectivity index (χ0) is 9.19. The number of hydrogen-bond acceptors (Lipinski definition) is 2. The lowest BCUT2D eigenvalue weighted by molar-refractivity contribution is 0.144. The Labute approximate surface area is 88.9 Å². The molecule has 1 rings (SSSR count). The van der Waals surface area contributed by atoms with Crippen molar-refractivity contribution in [3.05, 3.63) is 22.4 Å². The van der Waals surface area contributed by atoms with Crippen LogP contribution in [0.2, 0.25) is 0 Å². The van der Waals surface area contributed by atoms with Crippen LogP contribution in [0, 0.1) is 0 Å². The van der Waals surface area contributed by atoms with E-state index in [9.17, 15) is 0 Å². The molecule has 0 aromatic carbocycles. The van der Waals surface area contributed by atoms with E-state index in [2.05, 4.69) is 31.9 Å². The summed E-state index contributed by atoms with van der Waals surface area (Å²) in [4.78, 5) is 0. The molecule has 0 spiro atoms. The Balaban J connectivity index is 2.97. The summed E-state index contributed by atoms with van der Waals surface area (Å²) in [5, 5.41) is 0. The molecule has 4 heteroatoms. The highest BCUT2D eigenvalue weighted by molar-refractivity contribution is 9.14. The number of ether oxygens (including phenoxy) is 2. The standard InChI is InChI=1S/C8H10Br2O2/c1-11-6-4-3-5-8(10,12-2)7(6)9/h3,5H,4H2,1-2H3. The van der Waals surface area contributed by atoms with Crippen molar-refractivity contribution in [3.8, 4) is 0 Å². The predicted octanol–water partition coefficient (Wildman–Crippen LogP) is 2.94. The summed E-state index contributed by atoms with van der Waals surface area (Å²) in [5.41, 5.74) is 0. The van der Waals surface area contributed by atoms with E-state index in [4.69, 9.17) is 9.47 Å². The lowest BCUT2D eigenvalue weighted by Gasteiger charge is -2.26. The highest BCUT2D eigenvalue weighted by atomic mass is 79.9. The van der Waals surface area contributed by atoms with E-state index >= 15 is 0 Å². The summed E-state index contributed by atoms with van der Waals surface area (Å²) in [5.74, 6) is 0.885. The van der Waals surface area contributed by atoms with Crippen molar-refractivity contribution in [2.24, 2.45) is 0 Å². The molecule has 0 N–H and O–H groups in total. The minimum Gasteiger partial charge on any atom is -0.500 e. The summed E-state index contributed by atoms with van der Waals surface area (Å²) in [7, 11) is 3.29. The first-order valence-electron chi connectivity index (χ1n) is 3.49. The van der Waals surface area contributed by atoms with Gasteiger partial charge >= 0.3 is 0 Å². The fraction of sp³-hybridized carbons (Fsp3) is 0.500. The summed E-state index contributed by atoms with van der Waals surface area (Å²) < 4.78 is 10.8. The molecular formula is C8H10Br2O2. The molecule has 0 amide bonds. The van der Waals surface area contributed by atoms with Gasteiger partial charge in [-0.25, -0.2) is 0 Å². The third kappa shape index (κ3) is 1.75. The van der Waals surface area contributed by atoms with Gasteiger partial charge in [-0.1, -0.05) is 6.08 Å². The Morgan fingerprint density at radius 2 is 2.17 bits per heavy atom. The van der Waals surface area contributed by atoms with E-state index in [0.29, 0.717) is 0 Å². The average Bonchev–Trinajstić information content (AvgIpc) is 2.10. The highest BCUT2D eigenvalue weighted by Crippen LogP contribution is 2.40. The van der Waals surface area contributed by atoms with E-state index in [1.165, 1.54) is 0 Å². The molecule has 1 aliphatic carbocycles. The molecule has 0 aromatic rings. The largest absolute Gasteiger partial charge is 0.500 e. The fourth-order valence-electron chi connectivity index (χ4n) is 1.00. The Kier molecular flexibility index (Phi) is 3.37. The monoisotopic (exact) mass is 296 g/mol. The van der Waals surface area contributed by atoms with Gasteiger partial charge in [0, 0.05) is 13.5 Å². The van der Waals surface area contributed by atoms with E-state index in [1.807, 2.05) is 12.2 Å². The second-order valence-electron chi connectivity index (χ2n) is 2.40. The van der Waals surface area contributed by atoms with Gasteiger partial charge in [0.1, 0.15) is 5.76 Å². The second kappa shape index (κ2) is 3.94. The molecule has 0 saturated carbocycles. The predicted molar refractivity (Wildman–Crippen MR) is 55.4 cm³/mol. The van der Waals surface area contributed by atoms with Crippen LogP contribution in [0.15, 0.2) is 22.4 Å². The highest BCUT2D eigenvalue weighted by Gasteiger charge is 2.32. The molecule has 0 radical (unpaired) electrons. The van der Waals surface area contributed by atoms with Crippen molar-refractivity contribution in [2.45, 2.75) is 10.9 Å². The molecule has 1 atom stereocenters. The van der Waals surface area contributed by atoms with Gasteiger partial charge in [0.05, 0.1) is 11.6 Å². The van der Waals surface area contributed by atoms with Crippen molar-refractivity contribution in [3.63, 3.8) is 0 Å². The fourth-order valence-corrected chi connectivity index (χ4v) is 2.03. The molecular weight excluding hydrogens is 288 g/mol. The zero-order valence-electron chi connectivity index (χ0n) is 6.93. The number of hydrogen-bond donors (Lipinski definition) is 0. The lowest BCUT2D eigenvalue weighted by atomic mass is 10.1. The molecule has 1 aliphatic rings. The van der Waals surface area contributed by atoms with Crippen molar-refractivity contribution in [1.82, 2.24) is 0 Å². The maximum Gasteiger partial charge on any atom is 0.176 e. The van der Waals surface area contributed by atoms with E-state index in [-0.39, 0.29) is 0 Å². The van der Waals surface area contributed by atoms with Crippen LogP contribution < -0.4 is 0 Å². The van der Waals surface area contributed by atoms with Crippen LogP contribution in [0.1, 0.15) is 6.42 Å². The van der Waals surface area contributed by atoms with Crippen molar-refractivity contribution in [1.29, 1.82) is 0 Å². The van der Waals surface area contributed by atoms with Crippen molar-refractivity contribution >= 4 is 31.9 Å². The third-order valence-electron chi connectivity index (χ3n) is 1.72. The maximum atomic E-state index is 5.27. The molecule has 0 aliphatic heterocycles. The molecule has 0 bridgehead atoms. The SMILES string of the molecule is COC1=C(Br)C(Br)(OC)C=CC1. The topological polar surface area (TPSA) is 18.5 Å². The summed E-state index contributed by atoms with van der Waals surface area (Å²) in [6.07, 6.45) is 4.75. The van der Waals surface area contributed by atoms with Gasteiger partial charge in [-0.3, -0.25) is 0 Å². The first kappa shape index (κ1) is 10.3. The van der Waals surface area contributed by atoms with E-state index in [1.54, 1.807) is 14.2 Å². The van der Waals surface area contributed by atoms with Crippen LogP contribution >= 0.6 is 31.9 Å². The molecule has 12 heavy (non-hydrogen) atoms. The lowest BCUT2D eigenvalue weighted by Crippen LogP contribution is -2.24. The smallest absolute Gasteiger partial charge is 0.176 e. The van der Waals surface area contributed by atoms with Crippen molar-refractivity contribution < 1.29 is 9.47 Å².